The largest absolute Gasteiger partial charge is 0.496 e. The van der Waals surface area contributed by atoms with E-state index in [1.807, 2.05) is 12.1 Å². The third kappa shape index (κ3) is 2.20. The van der Waals surface area contributed by atoms with Gasteiger partial charge in [-0.15, -0.1) is 0 Å². The van der Waals surface area contributed by atoms with Crippen molar-refractivity contribution in [1.82, 2.24) is 5.32 Å². The summed E-state index contributed by atoms with van der Waals surface area (Å²) in [6.07, 6.45) is 2.29. The number of rotatable bonds is 3. The fourth-order valence-corrected chi connectivity index (χ4v) is 2.43. The zero-order chi connectivity index (χ0) is 11.4. The van der Waals surface area contributed by atoms with Crippen molar-refractivity contribution in [3.63, 3.8) is 0 Å². The van der Waals surface area contributed by atoms with E-state index < -0.39 is 0 Å². The molecule has 0 atom stereocenters. The van der Waals surface area contributed by atoms with E-state index in [2.05, 4.69) is 11.4 Å². The van der Waals surface area contributed by atoms with Gasteiger partial charge in [-0.2, -0.15) is 0 Å². The van der Waals surface area contributed by atoms with Gasteiger partial charge in [0.2, 0.25) is 0 Å². The van der Waals surface area contributed by atoms with E-state index in [1.54, 1.807) is 7.11 Å². The van der Waals surface area contributed by atoms with Crippen LogP contribution < -0.4 is 10.1 Å². The molecule has 1 saturated heterocycles. The molecule has 88 valence electrons. The van der Waals surface area contributed by atoms with Crippen LogP contribution >= 0.6 is 0 Å². The number of hydrogen-bond acceptors (Lipinski definition) is 3. The van der Waals surface area contributed by atoms with Crippen molar-refractivity contribution in [2.45, 2.75) is 25.4 Å². The minimum Gasteiger partial charge on any atom is -0.496 e. The monoisotopic (exact) mass is 221 g/mol. The van der Waals surface area contributed by atoms with Crippen LogP contribution in [0.15, 0.2) is 18.2 Å². The Bertz CT molecular complexity index is 346. The molecule has 0 spiro atoms. The molecule has 3 nitrogen and oxygen atoms in total. The number of aliphatic hydroxyl groups excluding tert-OH is 1. The third-order valence-electron chi connectivity index (χ3n) is 3.28. The van der Waals surface area contributed by atoms with Crippen LogP contribution in [0.25, 0.3) is 0 Å². The highest BCUT2D eigenvalue weighted by atomic mass is 16.5. The van der Waals surface area contributed by atoms with Gasteiger partial charge in [0, 0.05) is 5.56 Å². The highest BCUT2D eigenvalue weighted by molar-refractivity contribution is 5.43. The zero-order valence-electron chi connectivity index (χ0n) is 9.70. The Morgan fingerprint density at radius 3 is 2.75 bits per heavy atom. The summed E-state index contributed by atoms with van der Waals surface area (Å²) in [6, 6.07) is 6.04. The summed E-state index contributed by atoms with van der Waals surface area (Å²) in [5.74, 6) is 1.43. The summed E-state index contributed by atoms with van der Waals surface area (Å²) in [5, 5.41) is 12.6. The normalized spacial score (nSPS) is 17.4. The van der Waals surface area contributed by atoms with Gasteiger partial charge in [-0.1, -0.05) is 18.2 Å². The highest BCUT2D eigenvalue weighted by Gasteiger charge is 2.20. The Hall–Kier alpha value is -1.06. The Morgan fingerprint density at radius 1 is 1.38 bits per heavy atom. The van der Waals surface area contributed by atoms with Gasteiger partial charge < -0.3 is 15.2 Å². The fourth-order valence-electron chi connectivity index (χ4n) is 2.43. The molecule has 1 aromatic carbocycles. The molecule has 16 heavy (non-hydrogen) atoms. The van der Waals surface area contributed by atoms with E-state index in [4.69, 9.17) is 4.74 Å². The van der Waals surface area contributed by atoms with Gasteiger partial charge in [0.25, 0.3) is 0 Å². The number of aliphatic hydroxyl groups is 1. The van der Waals surface area contributed by atoms with Crippen LogP contribution in [-0.2, 0) is 6.61 Å². The maximum absolute atomic E-state index is 9.28. The Morgan fingerprint density at radius 2 is 2.12 bits per heavy atom. The molecule has 0 saturated carbocycles. The quantitative estimate of drug-likeness (QED) is 0.815. The summed E-state index contributed by atoms with van der Waals surface area (Å²) in [5.41, 5.74) is 2.13. The average molecular weight is 221 g/mol. The molecule has 0 aromatic heterocycles. The van der Waals surface area contributed by atoms with Crippen molar-refractivity contribution in [2.24, 2.45) is 0 Å². The lowest BCUT2D eigenvalue weighted by atomic mass is 9.88. The Balaban J connectivity index is 2.30. The van der Waals surface area contributed by atoms with Crippen molar-refractivity contribution in [2.75, 3.05) is 20.2 Å². The van der Waals surface area contributed by atoms with E-state index in [-0.39, 0.29) is 6.61 Å². The first-order valence-electron chi connectivity index (χ1n) is 5.84. The molecule has 3 heteroatoms. The van der Waals surface area contributed by atoms with Crippen LogP contribution in [0.2, 0.25) is 0 Å². The second-order valence-corrected chi connectivity index (χ2v) is 4.22. The standard InChI is InChI=1S/C13H19NO2/c1-16-13-11(9-15)3-2-4-12(13)10-5-7-14-8-6-10/h2-4,10,14-15H,5-9H2,1H3. The molecule has 2 rings (SSSR count). The topological polar surface area (TPSA) is 41.5 Å². The fraction of sp³-hybridized carbons (Fsp3) is 0.538. The first-order valence-corrected chi connectivity index (χ1v) is 5.84. The van der Waals surface area contributed by atoms with E-state index in [0.29, 0.717) is 5.92 Å². The molecule has 1 aromatic rings. The summed E-state index contributed by atoms with van der Waals surface area (Å²) >= 11 is 0. The van der Waals surface area contributed by atoms with Crippen LogP contribution in [0.5, 0.6) is 5.75 Å². The van der Waals surface area contributed by atoms with Crippen LogP contribution in [0.1, 0.15) is 29.9 Å². The van der Waals surface area contributed by atoms with Gasteiger partial charge in [0.15, 0.2) is 0 Å². The number of ether oxygens (including phenoxy) is 1. The molecule has 1 heterocycles. The highest BCUT2D eigenvalue weighted by Crippen LogP contribution is 2.34. The van der Waals surface area contributed by atoms with Crippen molar-refractivity contribution >= 4 is 0 Å². The maximum Gasteiger partial charge on any atom is 0.127 e. The molecule has 0 unspecified atom stereocenters. The molecule has 0 aliphatic carbocycles. The molecule has 0 radical (unpaired) electrons. The molecule has 0 bridgehead atoms. The lowest BCUT2D eigenvalue weighted by Crippen LogP contribution is -2.26. The number of piperidine rings is 1. The SMILES string of the molecule is COc1c(CO)cccc1C1CCNCC1. The van der Waals surface area contributed by atoms with Crippen molar-refractivity contribution < 1.29 is 9.84 Å². The van der Waals surface area contributed by atoms with Crippen LogP contribution in [0, 0.1) is 0 Å². The second kappa shape index (κ2) is 5.32. The lowest BCUT2D eigenvalue weighted by molar-refractivity contribution is 0.272. The summed E-state index contributed by atoms with van der Waals surface area (Å²) in [4.78, 5) is 0. The van der Waals surface area contributed by atoms with Crippen molar-refractivity contribution in [3.8, 4) is 5.75 Å². The summed E-state index contributed by atoms with van der Waals surface area (Å²) in [7, 11) is 1.68. The first-order chi connectivity index (χ1) is 7.86. The maximum atomic E-state index is 9.28. The molecule has 2 N–H and O–H groups in total. The molecule has 1 fully saturated rings. The van der Waals surface area contributed by atoms with E-state index in [9.17, 15) is 5.11 Å². The zero-order valence-corrected chi connectivity index (χ0v) is 9.70. The van der Waals surface area contributed by atoms with Crippen LogP contribution in [-0.4, -0.2) is 25.3 Å². The van der Waals surface area contributed by atoms with Gasteiger partial charge in [0.1, 0.15) is 5.75 Å². The van der Waals surface area contributed by atoms with Gasteiger partial charge >= 0.3 is 0 Å². The molecular formula is C13H19NO2. The van der Waals surface area contributed by atoms with Gasteiger partial charge in [-0.25, -0.2) is 0 Å². The third-order valence-corrected chi connectivity index (χ3v) is 3.28. The van der Waals surface area contributed by atoms with E-state index >= 15 is 0 Å². The molecular weight excluding hydrogens is 202 g/mol. The van der Waals surface area contributed by atoms with Crippen molar-refractivity contribution in [3.05, 3.63) is 29.3 Å². The van der Waals surface area contributed by atoms with E-state index in [0.717, 1.165) is 37.2 Å². The predicted molar refractivity (Wildman–Crippen MR) is 63.8 cm³/mol. The molecule has 1 aliphatic heterocycles. The Labute approximate surface area is 96.4 Å². The first kappa shape index (κ1) is 11.4. The second-order valence-electron chi connectivity index (χ2n) is 4.22. The lowest BCUT2D eigenvalue weighted by Gasteiger charge is -2.25. The van der Waals surface area contributed by atoms with Crippen LogP contribution in [0.3, 0.4) is 0 Å². The Kier molecular flexibility index (Phi) is 3.80. The summed E-state index contributed by atoms with van der Waals surface area (Å²) in [6.45, 7) is 2.18. The predicted octanol–water partition coefficient (Wildman–Crippen LogP) is 1.65. The van der Waals surface area contributed by atoms with E-state index in [1.165, 1.54) is 5.56 Å². The number of hydrogen-bond donors (Lipinski definition) is 2. The summed E-state index contributed by atoms with van der Waals surface area (Å²) < 4.78 is 5.44. The molecule has 1 aliphatic rings. The van der Waals surface area contributed by atoms with Crippen LogP contribution in [0.4, 0.5) is 0 Å². The van der Waals surface area contributed by atoms with Gasteiger partial charge in [-0.3, -0.25) is 0 Å². The smallest absolute Gasteiger partial charge is 0.127 e. The minimum atomic E-state index is 0.0436. The average Bonchev–Trinajstić information content (AvgIpc) is 2.38. The van der Waals surface area contributed by atoms with Gasteiger partial charge in [0.05, 0.1) is 13.7 Å². The number of nitrogens with one attached hydrogen (secondary N) is 1. The minimum absolute atomic E-state index is 0.0436. The molecule has 0 amide bonds. The van der Waals surface area contributed by atoms with Gasteiger partial charge in [-0.05, 0) is 37.4 Å². The number of benzene rings is 1. The van der Waals surface area contributed by atoms with Crippen molar-refractivity contribution in [1.29, 1.82) is 0 Å². The number of methoxy groups -OCH3 is 1. The number of para-hydroxylation sites is 1.